The molecule has 2 heterocycles. The number of benzene rings is 1. The SMILES string of the molecule is CN1C(=O)C[C@@H](CN[C@@H](C(N)=O)c2ccc(F)cc2)[C@@H]1c1cnn(C)c1. The molecule has 0 bridgehead atoms. The van der Waals surface area contributed by atoms with Crippen molar-refractivity contribution in [2.24, 2.45) is 18.7 Å². The van der Waals surface area contributed by atoms with Crippen molar-refractivity contribution >= 4 is 11.8 Å². The number of hydrogen-bond acceptors (Lipinski definition) is 4. The monoisotopic (exact) mass is 359 g/mol. The van der Waals surface area contributed by atoms with Gasteiger partial charge in [0.15, 0.2) is 0 Å². The van der Waals surface area contributed by atoms with Crippen molar-refractivity contribution in [3.8, 4) is 0 Å². The number of nitrogens with two attached hydrogens (primary N) is 1. The first kappa shape index (κ1) is 18.1. The highest BCUT2D eigenvalue weighted by Crippen LogP contribution is 2.36. The van der Waals surface area contributed by atoms with Gasteiger partial charge in [0.05, 0.1) is 12.2 Å². The predicted octanol–water partition coefficient (Wildman–Crippen LogP) is 0.895. The predicted molar refractivity (Wildman–Crippen MR) is 93.2 cm³/mol. The Labute approximate surface area is 151 Å². The Kier molecular flexibility index (Phi) is 5.03. The van der Waals surface area contributed by atoms with Gasteiger partial charge in [-0.25, -0.2) is 4.39 Å². The van der Waals surface area contributed by atoms with Crippen molar-refractivity contribution in [2.75, 3.05) is 13.6 Å². The number of amides is 2. The van der Waals surface area contributed by atoms with Gasteiger partial charge in [-0.3, -0.25) is 14.3 Å². The highest BCUT2D eigenvalue weighted by Gasteiger charge is 2.39. The summed E-state index contributed by atoms with van der Waals surface area (Å²) in [5, 5.41) is 7.32. The van der Waals surface area contributed by atoms with Crippen molar-refractivity contribution in [3.63, 3.8) is 0 Å². The zero-order valence-corrected chi connectivity index (χ0v) is 14.7. The normalized spacial score (nSPS) is 21.2. The molecular formula is C18H22FN5O2. The largest absolute Gasteiger partial charge is 0.368 e. The Balaban J connectivity index is 1.76. The van der Waals surface area contributed by atoms with Crippen molar-refractivity contribution in [2.45, 2.75) is 18.5 Å². The van der Waals surface area contributed by atoms with Gasteiger partial charge in [-0.1, -0.05) is 12.1 Å². The van der Waals surface area contributed by atoms with E-state index >= 15 is 0 Å². The van der Waals surface area contributed by atoms with Crippen LogP contribution in [0.25, 0.3) is 0 Å². The van der Waals surface area contributed by atoms with Crippen molar-refractivity contribution < 1.29 is 14.0 Å². The average molecular weight is 359 g/mol. The first-order valence-corrected chi connectivity index (χ1v) is 8.39. The maximum atomic E-state index is 13.1. The van der Waals surface area contributed by atoms with Crippen molar-refractivity contribution in [3.05, 3.63) is 53.6 Å². The van der Waals surface area contributed by atoms with Gasteiger partial charge in [-0.2, -0.15) is 5.10 Å². The maximum Gasteiger partial charge on any atom is 0.239 e. The molecule has 2 aromatic rings. The van der Waals surface area contributed by atoms with E-state index in [-0.39, 0.29) is 23.7 Å². The Morgan fingerprint density at radius 3 is 2.65 bits per heavy atom. The van der Waals surface area contributed by atoms with Crippen LogP contribution in [-0.4, -0.2) is 40.1 Å². The zero-order valence-electron chi connectivity index (χ0n) is 14.7. The number of rotatable bonds is 6. The summed E-state index contributed by atoms with van der Waals surface area (Å²) in [5.74, 6) is -0.911. The lowest BCUT2D eigenvalue weighted by Crippen LogP contribution is -2.37. The second kappa shape index (κ2) is 7.25. The number of likely N-dealkylation sites (tertiary alicyclic amines) is 1. The van der Waals surface area contributed by atoms with E-state index in [0.717, 1.165) is 5.56 Å². The van der Waals surface area contributed by atoms with Crippen LogP contribution in [0.5, 0.6) is 0 Å². The molecule has 1 saturated heterocycles. The highest BCUT2D eigenvalue weighted by molar-refractivity contribution is 5.81. The van der Waals surface area contributed by atoms with Crippen LogP contribution in [0.1, 0.15) is 29.6 Å². The third kappa shape index (κ3) is 3.60. The molecule has 3 N–H and O–H groups in total. The van der Waals surface area contributed by atoms with E-state index in [1.54, 1.807) is 22.8 Å². The second-order valence-electron chi connectivity index (χ2n) is 6.66. The fraction of sp³-hybridized carbons (Fsp3) is 0.389. The van der Waals surface area contributed by atoms with Gasteiger partial charge in [-0.05, 0) is 17.7 Å². The van der Waals surface area contributed by atoms with E-state index in [0.29, 0.717) is 18.5 Å². The van der Waals surface area contributed by atoms with Gasteiger partial charge >= 0.3 is 0 Å². The summed E-state index contributed by atoms with van der Waals surface area (Å²) in [5.41, 5.74) is 7.05. The fourth-order valence-corrected chi connectivity index (χ4v) is 3.53. The molecule has 1 aromatic heterocycles. The Morgan fingerprint density at radius 1 is 1.38 bits per heavy atom. The smallest absolute Gasteiger partial charge is 0.239 e. The zero-order chi connectivity index (χ0) is 18.8. The summed E-state index contributed by atoms with van der Waals surface area (Å²) >= 11 is 0. The molecule has 0 unspecified atom stereocenters. The van der Waals surface area contributed by atoms with Crippen molar-refractivity contribution in [1.29, 1.82) is 0 Å². The van der Waals surface area contributed by atoms with Gasteiger partial charge < -0.3 is 16.0 Å². The van der Waals surface area contributed by atoms with Crippen LogP contribution in [0.4, 0.5) is 4.39 Å². The lowest BCUT2D eigenvalue weighted by atomic mass is 9.95. The Bertz CT molecular complexity index is 804. The maximum absolute atomic E-state index is 13.1. The summed E-state index contributed by atoms with van der Waals surface area (Å²) < 4.78 is 14.8. The minimum Gasteiger partial charge on any atom is -0.368 e. The second-order valence-corrected chi connectivity index (χ2v) is 6.66. The summed E-state index contributed by atoms with van der Waals surface area (Å²) in [4.78, 5) is 25.8. The first-order valence-electron chi connectivity index (χ1n) is 8.39. The molecule has 0 radical (unpaired) electrons. The number of aryl methyl sites for hydroxylation is 1. The van der Waals surface area contributed by atoms with Crippen LogP contribution in [0.2, 0.25) is 0 Å². The molecule has 8 heteroatoms. The lowest BCUT2D eigenvalue weighted by Gasteiger charge is -2.25. The van der Waals surface area contributed by atoms with Crippen LogP contribution in [-0.2, 0) is 16.6 Å². The Hall–Kier alpha value is -2.74. The number of nitrogens with zero attached hydrogens (tertiary/aromatic N) is 3. The first-order chi connectivity index (χ1) is 12.4. The molecule has 3 atom stereocenters. The third-order valence-electron chi connectivity index (χ3n) is 4.83. The molecule has 26 heavy (non-hydrogen) atoms. The molecule has 0 saturated carbocycles. The minimum absolute atomic E-state index is 0.0287. The topological polar surface area (TPSA) is 93.2 Å². The van der Waals surface area contributed by atoms with Gasteiger partial charge in [0.25, 0.3) is 0 Å². The van der Waals surface area contributed by atoms with Gasteiger partial charge in [0.2, 0.25) is 11.8 Å². The quantitative estimate of drug-likeness (QED) is 0.801. The molecule has 1 aliphatic rings. The summed E-state index contributed by atoms with van der Waals surface area (Å²) in [6.45, 7) is 0.417. The summed E-state index contributed by atoms with van der Waals surface area (Å²) in [6.07, 6.45) is 4.01. The third-order valence-corrected chi connectivity index (χ3v) is 4.83. The number of halogens is 1. The standard InChI is InChI=1S/C18H22FN5O2/c1-23-10-13(9-22-23)17-12(7-15(25)24(17)2)8-21-16(18(20)26)11-3-5-14(19)6-4-11/h3-6,9-10,12,16-17,21H,7-8H2,1-2H3,(H2,20,26)/t12-,16+,17+/m0/s1. The van der Waals surface area contributed by atoms with Gasteiger partial charge in [0.1, 0.15) is 11.9 Å². The summed E-state index contributed by atoms with van der Waals surface area (Å²) in [7, 11) is 3.59. The molecular weight excluding hydrogens is 337 g/mol. The number of aromatic nitrogens is 2. The fourth-order valence-electron chi connectivity index (χ4n) is 3.53. The number of carbonyl (C=O) groups is 2. The van der Waals surface area contributed by atoms with E-state index in [1.807, 2.05) is 13.2 Å². The highest BCUT2D eigenvalue weighted by atomic mass is 19.1. The van der Waals surface area contributed by atoms with Crippen LogP contribution >= 0.6 is 0 Å². The number of hydrogen-bond donors (Lipinski definition) is 2. The minimum atomic E-state index is -0.744. The van der Waals surface area contributed by atoms with Gasteiger partial charge in [-0.15, -0.1) is 0 Å². The molecule has 3 rings (SSSR count). The molecule has 138 valence electrons. The summed E-state index contributed by atoms with van der Waals surface area (Å²) in [6, 6.07) is 4.78. The van der Waals surface area contributed by atoms with Crippen LogP contribution in [0.15, 0.2) is 36.7 Å². The van der Waals surface area contributed by atoms with Crippen molar-refractivity contribution in [1.82, 2.24) is 20.0 Å². The lowest BCUT2D eigenvalue weighted by molar-refractivity contribution is -0.127. The van der Waals surface area contributed by atoms with E-state index in [1.165, 1.54) is 24.3 Å². The number of carbonyl (C=O) groups excluding carboxylic acids is 2. The average Bonchev–Trinajstić information content (AvgIpc) is 3.13. The molecule has 1 aromatic carbocycles. The van der Waals surface area contributed by atoms with Crippen LogP contribution in [0, 0.1) is 11.7 Å². The van der Waals surface area contributed by atoms with E-state index in [9.17, 15) is 14.0 Å². The molecule has 7 nitrogen and oxygen atoms in total. The van der Waals surface area contributed by atoms with Crippen LogP contribution < -0.4 is 11.1 Å². The van der Waals surface area contributed by atoms with Gasteiger partial charge in [0, 0.05) is 44.7 Å². The Morgan fingerprint density at radius 2 is 2.08 bits per heavy atom. The van der Waals surface area contributed by atoms with E-state index < -0.39 is 11.9 Å². The van der Waals surface area contributed by atoms with E-state index in [4.69, 9.17) is 5.73 Å². The van der Waals surface area contributed by atoms with E-state index in [2.05, 4.69) is 10.4 Å². The number of nitrogens with one attached hydrogen (secondary N) is 1. The molecule has 0 aliphatic carbocycles. The molecule has 1 aliphatic heterocycles. The van der Waals surface area contributed by atoms with Crippen LogP contribution in [0.3, 0.4) is 0 Å². The molecule has 2 amide bonds. The molecule has 0 spiro atoms. The number of primary amides is 1. The molecule has 1 fully saturated rings.